The summed E-state index contributed by atoms with van der Waals surface area (Å²) in [5.74, 6) is 0.488. The number of amides is 2. The van der Waals surface area contributed by atoms with E-state index >= 15 is 0 Å². The van der Waals surface area contributed by atoms with E-state index in [1.165, 1.54) is 0 Å². The van der Waals surface area contributed by atoms with Gasteiger partial charge in [-0.3, -0.25) is 14.7 Å². The van der Waals surface area contributed by atoms with Crippen molar-refractivity contribution < 1.29 is 9.53 Å². The number of carbonyl (C=O) groups is 1. The van der Waals surface area contributed by atoms with Crippen LogP contribution in [-0.2, 0) is 11.3 Å². The first-order chi connectivity index (χ1) is 12.0. The van der Waals surface area contributed by atoms with Crippen molar-refractivity contribution in [1.29, 1.82) is 0 Å². The lowest BCUT2D eigenvalue weighted by molar-refractivity contribution is 0.183. The minimum Gasteiger partial charge on any atom is -0.383 e. The zero-order valence-corrected chi connectivity index (χ0v) is 14.6. The Morgan fingerprint density at radius 3 is 2.84 bits per heavy atom. The van der Waals surface area contributed by atoms with Gasteiger partial charge in [0.25, 0.3) is 0 Å². The summed E-state index contributed by atoms with van der Waals surface area (Å²) in [7, 11) is 1.64. The zero-order valence-electron chi connectivity index (χ0n) is 14.6. The Labute approximate surface area is 145 Å². The molecule has 0 aliphatic heterocycles. The summed E-state index contributed by atoms with van der Waals surface area (Å²) in [5.41, 5.74) is 1.60. The third-order valence-electron chi connectivity index (χ3n) is 3.72. The highest BCUT2D eigenvalue weighted by Gasteiger charge is 2.08. The van der Waals surface area contributed by atoms with Crippen molar-refractivity contribution in [2.75, 3.05) is 24.4 Å². The maximum Gasteiger partial charge on any atom is 0.324 e. The predicted molar refractivity (Wildman–Crippen MR) is 96.9 cm³/mol. The van der Waals surface area contributed by atoms with Gasteiger partial charge in [0.1, 0.15) is 0 Å². The molecule has 0 spiro atoms. The summed E-state index contributed by atoms with van der Waals surface area (Å²) in [5, 5.41) is 15.3. The maximum atomic E-state index is 12.1. The summed E-state index contributed by atoms with van der Waals surface area (Å²) in [6.07, 6.45) is 3.77. The molecule has 8 nitrogen and oxygen atoms in total. The van der Waals surface area contributed by atoms with Gasteiger partial charge in [-0.1, -0.05) is 0 Å². The molecule has 2 N–H and O–H groups in total. The van der Waals surface area contributed by atoms with Gasteiger partial charge >= 0.3 is 6.03 Å². The SMILES string of the molecule is COCCn1ccc(NC(=O)Nc2ccc3nn(C(C)C)cc3c2)n1. The first-order valence-electron chi connectivity index (χ1n) is 8.14. The third kappa shape index (κ3) is 4.16. The van der Waals surface area contributed by atoms with E-state index in [1.54, 1.807) is 24.1 Å². The number of hydrogen-bond acceptors (Lipinski definition) is 4. The van der Waals surface area contributed by atoms with Gasteiger partial charge in [0.05, 0.1) is 18.7 Å². The van der Waals surface area contributed by atoms with E-state index in [4.69, 9.17) is 4.74 Å². The molecule has 2 heterocycles. The Kier molecular flexibility index (Phi) is 4.99. The Morgan fingerprint density at radius 2 is 2.08 bits per heavy atom. The molecular weight excluding hydrogens is 320 g/mol. The van der Waals surface area contributed by atoms with Crippen molar-refractivity contribution in [3.05, 3.63) is 36.7 Å². The molecule has 8 heteroatoms. The number of ether oxygens (including phenoxy) is 1. The van der Waals surface area contributed by atoms with Gasteiger partial charge < -0.3 is 10.1 Å². The number of carbonyl (C=O) groups excluding carboxylic acids is 1. The van der Waals surface area contributed by atoms with E-state index in [0.29, 0.717) is 30.7 Å². The molecule has 0 fully saturated rings. The van der Waals surface area contributed by atoms with Gasteiger partial charge in [-0.25, -0.2) is 4.79 Å². The summed E-state index contributed by atoms with van der Waals surface area (Å²) >= 11 is 0. The number of rotatable bonds is 6. The number of benzene rings is 1. The van der Waals surface area contributed by atoms with E-state index in [2.05, 4.69) is 34.7 Å². The molecule has 3 rings (SSSR count). The molecule has 0 saturated heterocycles. The molecule has 0 bridgehead atoms. The fourth-order valence-electron chi connectivity index (χ4n) is 2.40. The number of urea groups is 1. The van der Waals surface area contributed by atoms with Crippen LogP contribution >= 0.6 is 0 Å². The number of aromatic nitrogens is 4. The van der Waals surface area contributed by atoms with Gasteiger partial charge in [-0.05, 0) is 32.0 Å². The second-order valence-corrected chi connectivity index (χ2v) is 6.01. The van der Waals surface area contributed by atoms with Crippen molar-refractivity contribution in [2.45, 2.75) is 26.4 Å². The number of methoxy groups -OCH3 is 1. The molecule has 0 saturated carbocycles. The molecule has 25 heavy (non-hydrogen) atoms. The fourth-order valence-corrected chi connectivity index (χ4v) is 2.40. The van der Waals surface area contributed by atoms with E-state index in [0.717, 1.165) is 10.9 Å². The van der Waals surface area contributed by atoms with E-state index in [9.17, 15) is 4.79 Å². The molecule has 0 unspecified atom stereocenters. The molecule has 3 aromatic rings. The van der Waals surface area contributed by atoms with Gasteiger partial charge in [-0.2, -0.15) is 10.2 Å². The molecule has 2 aromatic heterocycles. The topological polar surface area (TPSA) is 86.0 Å². The number of anilines is 2. The highest BCUT2D eigenvalue weighted by Crippen LogP contribution is 2.20. The van der Waals surface area contributed by atoms with E-state index in [-0.39, 0.29) is 6.03 Å². The van der Waals surface area contributed by atoms with Gasteiger partial charge in [0, 0.05) is 42.7 Å². The predicted octanol–water partition coefficient (Wildman–Crippen LogP) is 3.10. The fraction of sp³-hybridized carbons (Fsp3) is 0.353. The zero-order chi connectivity index (χ0) is 17.8. The minimum absolute atomic E-state index is 0.292. The number of hydrogen-bond donors (Lipinski definition) is 2. The van der Waals surface area contributed by atoms with Crippen LogP contribution in [0.15, 0.2) is 36.7 Å². The summed E-state index contributed by atoms with van der Waals surface area (Å²) < 4.78 is 8.62. The van der Waals surface area contributed by atoms with Crippen LogP contribution in [0.2, 0.25) is 0 Å². The van der Waals surface area contributed by atoms with Crippen LogP contribution in [0.4, 0.5) is 16.3 Å². The van der Waals surface area contributed by atoms with Crippen molar-refractivity contribution in [1.82, 2.24) is 19.6 Å². The number of fused-ring (bicyclic) bond motifs is 1. The molecule has 0 aliphatic carbocycles. The van der Waals surface area contributed by atoms with Crippen LogP contribution in [0.5, 0.6) is 0 Å². The Morgan fingerprint density at radius 1 is 1.24 bits per heavy atom. The highest BCUT2D eigenvalue weighted by atomic mass is 16.5. The third-order valence-corrected chi connectivity index (χ3v) is 3.72. The maximum absolute atomic E-state index is 12.1. The standard InChI is InChI=1S/C17H22N6O2/c1-12(2)23-11-13-10-14(4-5-15(13)20-23)18-17(24)19-16-6-7-22(21-16)8-9-25-3/h4-7,10-12H,8-9H2,1-3H3,(H2,18,19,21,24). The normalized spacial score (nSPS) is 11.2. The average molecular weight is 342 g/mol. The molecule has 2 amide bonds. The summed E-state index contributed by atoms with van der Waals surface area (Å²) in [4.78, 5) is 12.1. The van der Waals surface area contributed by atoms with Crippen LogP contribution < -0.4 is 10.6 Å². The molecule has 0 radical (unpaired) electrons. The molecule has 0 aliphatic rings. The van der Waals surface area contributed by atoms with Gasteiger partial charge in [0.2, 0.25) is 0 Å². The molecule has 132 valence electrons. The molecule has 1 aromatic carbocycles. The van der Waals surface area contributed by atoms with Crippen LogP contribution in [0.25, 0.3) is 10.9 Å². The Balaban J connectivity index is 1.64. The molecule has 0 atom stereocenters. The summed E-state index contributed by atoms with van der Waals surface area (Å²) in [6.45, 7) is 5.35. The van der Waals surface area contributed by atoms with Gasteiger partial charge in [-0.15, -0.1) is 0 Å². The van der Waals surface area contributed by atoms with Crippen LogP contribution in [-0.4, -0.2) is 39.3 Å². The van der Waals surface area contributed by atoms with Gasteiger partial charge in [0.15, 0.2) is 5.82 Å². The number of nitrogens with zero attached hydrogens (tertiary/aromatic N) is 4. The lowest BCUT2D eigenvalue weighted by Gasteiger charge is -2.05. The summed E-state index contributed by atoms with van der Waals surface area (Å²) in [6, 6.07) is 7.32. The van der Waals surface area contributed by atoms with Crippen LogP contribution in [0, 0.1) is 0 Å². The van der Waals surface area contributed by atoms with Crippen molar-refractivity contribution in [3.8, 4) is 0 Å². The van der Waals surface area contributed by atoms with Crippen molar-refractivity contribution in [3.63, 3.8) is 0 Å². The minimum atomic E-state index is -0.340. The average Bonchev–Trinajstić information content (AvgIpc) is 3.19. The smallest absolute Gasteiger partial charge is 0.324 e. The quantitative estimate of drug-likeness (QED) is 0.721. The lowest BCUT2D eigenvalue weighted by Crippen LogP contribution is -2.20. The molecular formula is C17H22N6O2. The monoisotopic (exact) mass is 342 g/mol. The second kappa shape index (κ2) is 7.35. The van der Waals surface area contributed by atoms with Crippen LogP contribution in [0.1, 0.15) is 19.9 Å². The van der Waals surface area contributed by atoms with E-state index < -0.39 is 0 Å². The number of nitrogens with one attached hydrogen (secondary N) is 2. The first kappa shape index (κ1) is 17.0. The van der Waals surface area contributed by atoms with E-state index in [1.807, 2.05) is 29.1 Å². The Hall–Kier alpha value is -2.87. The first-order valence-corrected chi connectivity index (χ1v) is 8.14. The lowest BCUT2D eigenvalue weighted by atomic mass is 10.2. The highest BCUT2D eigenvalue weighted by molar-refractivity contribution is 6.00. The second-order valence-electron chi connectivity index (χ2n) is 6.01. The Bertz CT molecular complexity index is 867. The van der Waals surface area contributed by atoms with Crippen LogP contribution in [0.3, 0.4) is 0 Å². The largest absolute Gasteiger partial charge is 0.383 e. The van der Waals surface area contributed by atoms with Crippen molar-refractivity contribution in [2.24, 2.45) is 0 Å². The van der Waals surface area contributed by atoms with Crippen molar-refractivity contribution >= 4 is 28.4 Å².